The van der Waals surface area contributed by atoms with Crippen LogP contribution in [0.2, 0.25) is 5.02 Å². The van der Waals surface area contributed by atoms with Gasteiger partial charge in [0.15, 0.2) is 5.78 Å². The maximum atomic E-state index is 12.8. The molecule has 27 heavy (non-hydrogen) atoms. The summed E-state index contributed by atoms with van der Waals surface area (Å²) in [5.41, 5.74) is -0.894. The van der Waals surface area contributed by atoms with Crippen LogP contribution in [0.1, 0.15) is 71.2 Å². The highest BCUT2D eigenvalue weighted by Gasteiger charge is 2.32. The molecule has 0 aromatic heterocycles. The molecule has 0 bridgehead atoms. The van der Waals surface area contributed by atoms with E-state index < -0.39 is 23.1 Å². The first-order valence-electron chi connectivity index (χ1n) is 9.03. The number of carbonyl (C=O) groups excluding carboxylic acids is 3. The van der Waals surface area contributed by atoms with Crippen molar-refractivity contribution >= 4 is 29.3 Å². The molecule has 0 saturated carbocycles. The molecular formula is C21H29ClO5. The lowest BCUT2D eigenvalue weighted by atomic mass is 9.92. The van der Waals surface area contributed by atoms with E-state index in [1.54, 1.807) is 65.8 Å². The van der Waals surface area contributed by atoms with Crippen molar-refractivity contribution in [3.05, 3.63) is 34.9 Å². The predicted molar refractivity (Wildman–Crippen MR) is 105 cm³/mol. The minimum absolute atomic E-state index is 0.129. The van der Waals surface area contributed by atoms with Crippen LogP contribution in [0.25, 0.3) is 0 Å². The van der Waals surface area contributed by atoms with Gasteiger partial charge in [-0.05, 0) is 78.6 Å². The first kappa shape index (κ1) is 23.2. The van der Waals surface area contributed by atoms with Crippen molar-refractivity contribution in [3.8, 4) is 0 Å². The highest BCUT2D eigenvalue weighted by Crippen LogP contribution is 2.22. The number of Topliss-reactive ketones (excluding diaryl/α,β-unsaturated/α-hetero) is 1. The molecule has 1 aromatic rings. The molecule has 0 aliphatic heterocycles. The molecule has 0 aliphatic carbocycles. The Kier molecular flexibility index (Phi) is 8.03. The fourth-order valence-electron chi connectivity index (χ4n) is 2.39. The molecule has 1 aromatic carbocycles. The third-order valence-electron chi connectivity index (χ3n) is 3.43. The lowest BCUT2D eigenvalue weighted by Crippen LogP contribution is -2.33. The van der Waals surface area contributed by atoms with Gasteiger partial charge in [-0.3, -0.25) is 14.4 Å². The largest absolute Gasteiger partial charge is 0.460 e. The zero-order valence-corrected chi connectivity index (χ0v) is 17.7. The molecule has 150 valence electrons. The van der Waals surface area contributed by atoms with Crippen LogP contribution in [0.3, 0.4) is 0 Å². The van der Waals surface area contributed by atoms with Crippen molar-refractivity contribution in [2.75, 3.05) is 0 Å². The first-order valence-corrected chi connectivity index (χ1v) is 9.41. The van der Waals surface area contributed by atoms with Crippen LogP contribution >= 0.6 is 11.6 Å². The quantitative estimate of drug-likeness (QED) is 0.368. The Labute approximate surface area is 166 Å². The zero-order chi connectivity index (χ0) is 20.8. The lowest BCUT2D eigenvalue weighted by Gasteiger charge is -2.24. The van der Waals surface area contributed by atoms with Gasteiger partial charge in [0.2, 0.25) is 0 Å². The number of ether oxygens (including phenoxy) is 2. The van der Waals surface area contributed by atoms with E-state index >= 15 is 0 Å². The van der Waals surface area contributed by atoms with Gasteiger partial charge in [0, 0.05) is 17.0 Å². The summed E-state index contributed by atoms with van der Waals surface area (Å²) in [5, 5.41) is 0.505. The Morgan fingerprint density at radius 1 is 0.926 bits per heavy atom. The second-order valence-corrected chi connectivity index (χ2v) is 8.87. The van der Waals surface area contributed by atoms with Crippen molar-refractivity contribution in [1.29, 1.82) is 0 Å². The molecule has 0 fully saturated rings. The van der Waals surface area contributed by atoms with Crippen LogP contribution in [-0.2, 0) is 19.1 Å². The number of rotatable bonds is 7. The number of halogens is 1. The van der Waals surface area contributed by atoms with Gasteiger partial charge < -0.3 is 9.47 Å². The fourth-order valence-corrected chi connectivity index (χ4v) is 2.51. The molecule has 5 nitrogen and oxygen atoms in total. The molecule has 0 aliphatic rings. The van der Waals surface area contributed by atoms with Crippen molar-refractivity contribution in [2.45, 2.75) is 72.0 Å². The van der Waals surface area contributed by atoms with Gasteiger partial charge in [-0.25, -0.2) is 0 Å². The molecule has 0 heterocycles. The summed E-state index contributed by atoms with van der Waals surface area (Å²) in [4.78, 5) is 37.3. The van der Waals surface area contributed by atoms with E-state index in [1.165, 1.54) is 0 Å². The molecule has 0 spiro atoms. The standard InChI is InChI=1S/C21H29ClO5/c1-20(2,3)26-17(23)9-7-8-16(19(25)27-21(4,5)6)18(24)14-10-12-15(22)13-11-14/h10-13,16H,7-9H2,1-6H3. The summed E-state index contributed by atoms with van der Waals surface area (Å²) in [6, 6.07) is 6.36. The number of ketones is 1. The molecule has 1 unspecified atom stereocenters. The normalized spacial score (nSPS) is 13.0. The van der Waals surface area contributed by atoms with E-state index in [0.29, 0.717) is 17.0 Å². The van der Waals surface area contributed by atoms with Crippen LogP contribution in [0.5, 0.6) is 0 Å². The van der Waals surface area contributed by atoms with Crippen LogP contribution in [0.4, 0.5) is 0 Å². The Bertz CT molecular complexity index is 665. The molecular weight excluding hydrogens is 368 g/mol. The van der Waals surface area contributed by atoms with Crippen LogP contribution in [0, 0.1) is 5.92 Å². The topological polar surface area (TPSA) is 69.7 Å². The SMILES string of the molecule is CC(C)(C)OC(=O)CCCC(C(=O)OC(C)(C)C)C(=O)c1ccc(Cl)cc1. The number of hydrogen-bond donors (Lipinski definition) is 0. The zero-order valence-electron chi connectivity index (χ0n) is 16.9. The highest BCUT2D eigenvalue weighted by atomic mass is 35.5. The van der Waals surface area contributed by atoms with Crippen molar-refractivity contribution in [1.82, 2.24) is 0 Å². The summed E-state index contributed by atoms with van der Waals surface area (Å²) in [5.74, 6) is -2.27. The Hall–Kier alpha value is -1.88. The maximum absolute atomic E-state index is 12.8. The number of hydrogen-bond acceptors (Lipinski definition) is 5. The van der Waals surface area contributed by atoms with Gasteiger partial charge >= 0.3 is 11.9 Å². The second kappa shape index (κ2) is 9.36. The van der Waals surface area contributed by atoms with E-state index in [4.69, 9.17) is 21.1 Å². The first-order chi connectivity index (χ1) is 12.3. The van der Waals surface area contributed by atoms with Crippen molar-refractivity contribution < 1.29 is 23.9 Å². The molecule has 0 N–H and O–H groups in total. The fraction of sp³-hybridized carbons (Fsp3) is 0.571. The lowest BCUT2D eigenvalue weighted by molar-refractivity contribution is -0.159. The average Bonchev–Trinajstić information content (AvgIpc) is 2.48. The van der Waals surface area contributed by atoms with Gasteiger partial charge in [-0.15, -0.1) is 0 Å². The second-order valence-electron chi connectivity index (χ2n) is 8.44. The summed E-state index contributed by atoms with van der Waals surface area (Å²) >= 11 is 5.86. The maximum Gasteiger partial charge on any atom is 0.317 e. The smallest absolute Gasteiger partial charge is 0.317 e. The summed E-state index contributed by atoms with van der Waals surface area (Å²) in [7, 11) is 0. The monoisotopic (exact) mass is 396 g/mol. The van der Waals surface area contributed by atoms with Crippen LogP contribution in [-0.4, -0.2) is 28.9 Å². The van der Waals surface area contributed by atoms with E-state index in [9.17, 15) is 14.4 Å². The highest BCUT2D eigenvalue weighted by molar-refractivity contribution is 6.30. The van der Waals surface area contributed by atoms with E-state index in [2.05, 4.69) is 0 Å². The van der Waals surface area contributed by atoms with Gasteiger partial charge in [0.05, 0.1) is 0 Å². The molecule has 1 atom stereocenters. The third kappa shape index (κ3) is 9.05. The minimum Gasteiger partial charge on any atom is -0.460 e. The van der Waals surface area contributed by atoms with E-state index in [0.717, 1.165) is 0 Å². The minimum atomic E-state index is -0.979. The molecule has 1 rings (SSSR count). The number of carbonyl (C=O) groups is 3. The Morgan fingerprint density at radius 3 is 1.93 bits per heavy atom. The molecule has 0 radical (unpaired) electrons. The van der Waals surface area contributed by atoms with Crippen molar-refractivity contribution in [3.63, 3.8) is 0 Å². The van der Waals surface area contributed by atoms with E-state index in [-0.39, 0.29) is 24.6 Å². The van der Waals surface area contributed by atoms with Crippen molar-refractivity contribution in [2.24, 2.45) is 5.92 Å². The summed E-state index contributed by atoms with van der Waals surface area (Å²) < 4.78 is 10.7. The Balaban J connectivity index is 2.85. The molecule has 0 saturated heterocycles. The van der Waals surface area contributed by atoms with Gasteiger partial charge in [0.25, 0.3) is 0 Å². The van der Waals surface area contributed by atoms with E-state index in [1.807, 2.05) is 0 Å². The predicted octanol–water partition coefficient (Wildman–Crippen LogP) is 4.99. The van der Waals surface area contributed by atoms with Crippen LogP contribution < -0.4 is 0 Å². The Morgan fingerprint density at radius 2 is 1.44 bits per heavy atom. The van der Waals surface area contributed by atoms with Gasteiger partial charge in [0.1, 0.15) is 17.1 Å². The number of esters is 2. The van der Waals surface area contributed by atoms with Crippen LogP contribution in [0.15, 0.2) is 24.3 Å². The summed E-state index contributed by atoms with van der Waals surface area (Å²) in [6.07, 6.45) is 0.679. The molecule has 6 heteroatoms. The third-order valence-corrected chi connectivity index (χ3v) is 3.68. The number of benzene rings is 1. The summed E-state index contributed by atoms with van der Waals surface area (Å²) in [6.45, 7) is 10.6. The van der Waals surface area contributed by atoms with Gasteiger partial charge in [-0.1, -0.05) is 11.6 Å². The average molecular weight is 397 g/mol. The van der Waals surface area contributed by atoms with Gasteiger partial charge in [-0.2, -0.15) is 0 Å². The molecule has 0 amide bonds.